The Morgan fingerprint density at radius 2 is 0.493 bits per heavy atom. The molecule has 6 aliphatic rings. The number of hydrogen-bond acceptors (Lipinski definition) is 6. The number of anilines is 9. The van der Waals surface area contributed by atoms with Gasteiger partial charge in [0, 0.05) is 67.6 Å². The summed E-state index contributed by atoms with van der Waals surface area (Å²) in [6.07, 6.45) is 0. The maximum atomic E-state index is 7.66. The lowest BCUT2D eigenvalue weighted by Gasteiger charge is -2.46. The fraction of sp³-hybridized carbons (Fsp3) is 0. The van der Waals surface area contributed by atoms with Crippen molar-refractivity contribution < 1.29 is 14.2 Å². The van der Waals surface area contributed by atoms with Crippen LogP contribution in [0.5, 0.6) is 34.5 Å². The standard InChI is InChI=1S/C60H36B3N3O3/c1-4-19-37(20-5-1)64-43-28-13-10-25-40(43)61-52-46(64)31-16-34-49(52)67-58-55(61)59-57(63-42-27-12-15-30-45(42)66(39-23-8-3-9-24-39)47-32-17-35-50(68-59)53(47)63)60-56(58)62-41-26-11-14-29-44(41)65(38-21-6-2-7-22-38)48-33-18-36-51(69-60)54(48)62/h1-36H. The lowest BCUT2D eigenvalue weighted by Crippen LogP contribution is -2.68. The highest BCUT2D eigenvalue weighted by molar-refractivity contribution is 7.06. The molecule has 0 aromatic heterocycles. The van der Waals surface area contributed by atoms with E-state index in [2.05, 4.69) is 233 Å². The number of hydrogen-bond donors (Lipinski definition) is 0. The Morgan fingerprint density at radius 3 is 0.797 bits per heavy atom. The molecule has 0 unspecified atom stereocenters. The first kappa shape index (κ1) is 37.3. The molecular weight excluding hydrogens is 843 g/mol. The smallest absolute Gasteiger partial charge is 0.261 e. The van der Waals surface area contributed by atoms with Gasteiger partial charge in [-0.3, -0.25) is 0 Å². The van der Waals surface area contributed by atoms with Crippen molar-refractivity contribution in [2.75, 3.05) is 14.7 Å². The number of ether oxygens (including phenoxy) is 3. The van der Waals surface area contributed by atoms with Crippen molar-refractivity contribution in [3.05, 3.63) is 218 Å². The average molecular weight is 879 g/mol. The number of para-hydroxylation sites is 6. The number of fused-ring (bicyclic) bond motifs is 15. The zero-order valence-electron chi connectivity index (χ0n) is 37.1. The van der Waals surface area contributed by atoms with Crippen LogP contribution in [0.3, 0.4) is 0 Å². The minimum absolute atomic E-state index is 0.240. The van der Waals surface area contributed by atoms with Crippen LogP contribution in [0.2, 0.25) is 0 Å². The summed E-state index contributed by atoms with van der Waals surface area (Å²) in [6.45, 7) is -0.720. The molecule has 9 heteroatoms. The van der Waals surface area contributed by atoms with Crippen LogP contribution in [0.4, 0.5) is 51.2 Å². The molecule has 0 radical (unpaired) electrons. The minimum atomic E-state index is -0.240. The van der Waals surface area contributed by atoms with Gasteiger partial charge in [0.25, 0.3) is 20.1 Å². The Kier molecular flexibility index (Phi) is 7.50. The summed E-state index contributed by atoms with van der Waals surface area (Å²) in [6, 6.07) is 78.3. The predicted molar refractivity (Wildman–Crippen MR) is 284 cm³/mol. The Morgan fingerprint density at radius 1 is 0.232 bits per heavy atom. The van der Waals surface area contributed by atoms with Gasteiger partial charge in [0.1, 0.15) is 34.5 Å². The molecule has 6 nitrogen and oxygen atoms in total. The second-order valence-electron chi connectivity index (χ2n) is 18.6. The van der Waals surface area contributed by atoms with Crippen LogP contribution in [0, 0.1) is 0 Å². The van der Waals surface area contributed by atoms with E-state index in [1.54, 1.807) is 0 Å². The van der Waals surface area contributed by atoms with Gasteiger partial charge in [-0.05, 0) is 124 Å². The van der Waals surface area contributed by atoms with Crippen LogP contribution >= 0.6 is 0 Å². The first-order valence-corrected chi connectivity index (χ1v) is 23.8. The average Bonchev–Trinajstić information content (AvgIpc) is 3.41. The Labute approximate surface area is 400 Å². The molecule has 0 N–H and O–H groups in total. The maximum Gasteiger partial charge on any atom is 0.261 e. The summed E-state index contributed by atoms with van der Waals surface area (Å²) in [5.74, 6) is 4.88. The zero-order valence-corrected chi connectivity index (χ0v) is 37.1. The Bertz CT molecular complexity index is 3420. The predicted octanol–water partition coefficient (Wildman–Crippen LogP) is 8.90. The van der Waals surface area contributed by atoms with Gasteiger partial charge in [0.2, 0.25) is 0 Å². The van der Waals surface area contributed by atoms with Crippen molar-refractivity contribution >= 4 is 120 Å². The van der Waals surface area contributed by atoms with Gasteiger partial charge in [-0.1, -0.05) is 127 Å². The summed E-state index contributed by atoms with van der Waals surface area (Å²) in [7, 11) is 0. The lowest BCUT2D eigenvalue weighted by molar-refractivity contribution is 0.453. The van der Waals surface area contributed by atoms with Gasteiger partial charge in [0.15, 0.2) is 0 Å². The highest BCUT2D eigenvalue weighted by Crippen LogP contribution is 2.48. The minimum Gasteiger partial charge on any atom is -0.459 e. The van der Waals surface area contributed by atoms with Crippen LogP contribution in [-0.2, 0) is 0 Å². The molecule has 0 fully saturated rings. The number of nitrogens with zero attached hydrogens (tertiary/aromatic N) is 3. The first-order chi connectivity index (χ1) is 34.3. The Hall–Kier alpha value is -8.81. The molecule has 0 bridgehead atoms. The summed E-state index contributed by atoms with van der Waals surface area (Å²) in [4.78, 5) is 7.18. The molecule has 16 rings (SSSR count). The third kappa shape index (κ3) is 4.93. The fourth-order valence-electron chi connectivity index (χ4n) is 12.6. The summed E-state index contributed by atoms with van der Waals surface area (Å²) in [5.41, 5.74) is 19.9. The molecule has 0 saturated heterocycles. The molecule has 0 aliphatic carbocycles. The third-order valence-electron chi connectivity index (χ3n) is 15.2. The molecule has 10 aromatic carbocycles. The van der Waals surface area contributed by atoms with Crippen LogP contribution in [0.15, 0.2) is 218 Å². The van der Waals surface area contributed by atoms with E-state index in [1.807, 2.05) is 0 Å². The van der Waals surface area contributed by atoms with E-state index in [0.29, 0.717) is 0 Å². The number of benzene rings is 10. The fourth-order valence-corrected chi connectivity index (χ4v) is 12.6. The first-order valence-electron chi connectivity index (χ1n) is 23.8. The highest BCUT2D eigenvalue weighted by atomic mass is 16.5. The Balaban J connectivity index is 1.04. The van der Waals surface area contributed by atoms with E-state index in [1.165, 1.54) is 16.4 Å². The van der Waals surface area contributed by atoms with E-state index in [-0.39, 0.29) is 20.1 Å². The van der Waals surface area contributed by atoms with E-state index < -0.39 is 0 Å². The van der Waals surface area contributed by atoms with Crippen molar-refractivity contribution in [3.63, 3.8) is 0 Å². The van der Waals surface area contributed by atoms with Crippen LogP contribution in [-0.4, -0.2) is 20.1 Å². The van der Waals surface area contributed by atoms with Gasteiger partial charge in [-0.25, -0.2) is 0 Å². The van der Waals surface area contributed by atoms with Gasteiger partial charge in [-0.2, -0.15) is 0 Å². The van der Waals surface area contributed by atoms with Crippen molar-refractivity contribution in [2.45, 2.75) is 0 Å². The summed E-state index contributed by atoms with van der Waals surface area (Å²) >= 11 is 0. The van der Waals surface area contributed by atoms with E-state index in [0.717, 1.165) is 118 Å². The maximum absolute atomic E-state index is 7.66. The van der Waals surface area contributed by atoms with E-state index >= 15 is 0 Å². The monoisotopic (exact) mass is 879 g/mol. The van der Waals surface area contributed by atoms with Crippen LogP contribution < -0.4 is 78.1 Å². The number of rotatable bonds is 3. The highest BCUT2D eigenvalue weighted by Gasteiger charge is 2.54. The molecule has 0 amide bonds. The lowest BCUT2D eigenvalue weighted by atomic mass is 9.27. The van der Waals surface area contributed by atoms with Crippen molar-refractivity contribution in [3.8, 4) is 34.5 Å². The van der Waals surface area contributed by atoms with E-state index in [4.69, 9.17) is 14.2 Å². The molecule has 6 aliphatic heterocycles. The summed E-state index contributed by atoms with van der Waals surface area (Å²) in [5, 5.41) is 0. The quantitative estimate of drug-likeness (QED) is 0.165. The molecule has 69 heavy (non-hydrogen) atoms. The third-order valence-corrected chi connectivity index (χ3v) is 15.2. The molecule has 318 valence electrons. The summed E-state index contributed by atoms with van der Waals surface area (Å²) < 4.78 is 23.0. The molecule has 0 spiro atoms. The van der Waals surface area contributed by atoms with E-state index in [9.17, 15) is 0 Å². The van der Waals surface area contributed by atoms with Crippen LogP contribution in [0.1, 0.15) is 0 Å². The molecular formula is C60H36B3N3O3. The van der Waals surface area contributed by atoms with Crippen molar-refractivity contribution in [2.24, 2.45) is 0 Å². The SMILES string of the molecule is c1ccc(N2c3ccccc3B3c4c(cccc42)Oc2c4c(c5c(c23)Oc2cccc3c2B5c2ccccc2N3c2ccccc2)Oc2cccc3c2B4c2ccccc2N3c2ccccc2)cc1. The molecule has 0 saturated carbocycles. The van der Waals surface area contributed by atoms with Gasteiger partial charge < -0.3 is 28.9 Å². The van der Waals surface area contributed by atoms with Crippen molar-refractivity contribution in [1.29, 1.82) is 0 Å². The van der Waals surface area contributed by atoms with Crippen LogP contribution in [0.25, 0.3) is 0 Å². The second kappa shape index (κ2) is 13.9. The molecule has 10 aromatic rings. The molecule has 0 atom stereocenters. The van der Waals surface area contributed by atoms with Crippen molar-refractivity contribution in [1.82, 2.24) is 0 Å². The second-order valence-corrected chi connectivity index (χ2v) is 18.6. The molecule has 6 heterocycles. The van der Waals surface area contributed by atoms with Gasteiger partial charge >= 0.3 is 0 Å². The zero-order chi connectivity index (χ0) is 44.9. The normalized spacial score (nSPS) is 14.3. The van der Waals surface area contributed by atoms with Gasteiger partial charge in [-0.15, -0.1) is 0 Å². The topological polar surface area (TPSA) is 37.4 Å². The largest absolute Gasteiger partial charge is 0.459 e. The van der Waals surface area contributed by atoms with Gasteiger partial charge in [0.05, 0.1) is 0 Å².